The lowest BCUT2D eigenvalue weighted by molar-refractivity contribution is 0.321. The maximum Gasteiger partial charge on any atom is 0.0566 e. The first-order chi connectivity index (χ1) is 11.3. The number of unbranched alkanes of at least 4 members (excludes halogenated alkanes) is 12. The highest BCUT2D eigenvalue weighted by Gasteiger charge is 1.90. The summed E-state index contributed by atoms with van der Waals surface area (Å²) in [7, 11) is 0. The molecule has 0 aliphatic heterocycles. The van der Waals surface area contributed by atoms with Gasteiger partial charge in [0.25, 0.3) is 0 Å². The second-order valence-electron chi connectivity index (χ2n) is 6.14. The van der Waals surface area contributed by atoms with Crippen LogP contribution in [0.1, 0.15) is 96.8 Å². The molecule has 0 fully saturated rings. The Kier molecular flexibility index (Phi) is 29.4. The van der Waals surface area contributed by atoms with Gasteiger partial charge in [0.15, 0.2) is 0 Å². The summed E-state index contributed by atoms with van der Waals surface area (Å²) in [5.74, 6) is 0.347. The molecule has 0 heterocycles. The maximum absolute atomic E-state index is 7.74. The minimum Gasteiger partial charge on any atom is -0.395 e. The molecule has 140 valence electrons. The van der Waals surface area contributed by atoms with Crippen LogP contribution < -0.4 is 5.73 Å². The van der Waals surface area contributed by atoms with Crippen LogP contribution in [-0.2, 0) is 0 Å². The predicted molar refractivity (Wildman–Crippen MR) is 106 cm³/mol. The van der Waals surface area contributed by atoms with Crippen LogP contribution >= 0.6 is 11.6 Å². The van der Waals surface area contributed by atoms with Gasteiger partial charge in [-0.2, -0.15) is 0 Å². The quantitative estimate of drug-likeness (QED) is 0.198. The number of aliphatic hydroxyl groups excluding tert-OH is 1. The molecular weight excluding hydrogens is 306 g/mol. The van der Waals surface area contributed by atoms with E-state index < -0.39 is 0 Å². The van der Waals surface area contributed by atoms with Crippen molar-refractivity contribution >= 4 is 11.6 Å². The number of hydrogen-bond acceptors (Lipinski definition) is 2. The smallest absolute Gasteiger partial charge is 0.0566 e. The van der Waals surface area contributed by atoms with E-state index in [9.17, 15) is 0 Å². The molecule has 0 radical (unpaired) electrons. The van der Waals surface area contributed by atoms with Gasteiger partial charge in [-0.25, -0.2) is 0 Å². The summed E-state index contributed by atoms with van der Waals surface area (Å²) in [4.78, 5) is 0. The van der Waals surface area contributed by atoms with Crippen molar-refractivity contribution in [3.05, 3.63) is 12.2 Å². The summed E-state index contributed by atoms with van der Waals surface area (Å²) in [5, 5.41) is 7.74. The molecule has 0 amide bonds. The van der Waals surface area contributed by atoms with E-state index >= 15 is 0 Å². The second kappa shape index (κ2) is 26.8. The Morgan fingerprint density at radius 2 is 1.13 bits per heavy atom. The lowest BCUT2D eigenvalue weighted by atomic mass is 10.1. The highest BCUT2D eigenvalue weighted by atomic mass is 35.5. The Morgan fingerprint density at radius 3 is 1.52 bits per heavy atom. The maximum atomic E-state index is 7.74. The van der Waals surface area contributed by atoms with Gasteiger partial charge < -0.3 is 10.8 Å². The van der Waals surface area contributed by atoms with Crippen molar-refractivity contribution in [2.45, 2.75) is 96.8 Å². The molecule has 0 saturated carbocycles. The van der Waals surface area contributed by atoms with Crippen LogP contribution in [0, 0.1) is 0 Å². The Morgan fingerprint density at radius 1 is 0.739 bits per heavy atom. The Bertz CT molecular complexity index is 208. The fourth-order valence-electron chi connectivity index (χ4n) is 2.39. The van der Waals surface area contributed by atoms with Crippen molar-refractivity contribution in [1.82, 2.24) is 0 Å². The summed E-state index contributed by atoms with van der Waals surface area (Å²) in [6.07, 6.45) is 23.9. The third-order valence-corrected chi connectivity index (χ3v) is 3.97. The topological polar surface area (TPSA) is 46.2 Å². The van der Waals surface area contributed by atoms with Crippen molar-refractivity contribution in [1.29, 1.82) is 0 Å². The first-order valence-electron chi connectivity index (χ1n) is 9.85. The van der Waals surface area contributed by atoms with Gasteiger partial charge in [-0.15, -0.1) is 11.6 Å². The second-order valence-corrected chi connectivity index (χ2v) is 6.52. The van der Waals surface area contributed by atoms with E-state index in [0.29, 0.717) is 5.88 Å². The number of allylic oxidation sites excluding steroid dienone is 2. The van der Waals surface area contributed by atoms with E-state index in [4.69, 9.17) is 22.4 Å². The molecule has 0 rings (SSSR count). The molecule has 0 atom stereocenters. The number of hydrogen-bond donors (Lipinski definition) is 2. The molecule has 0 aromatic heterocycles. The minimum absolute atomic E-state index is 0.0849. The molecule has 0 unspecified atom stereocenters. The van der Waals surface area contributed by atoms with Crippen molar-refractivity contribution in [2.24, 2.45) is 5.73 Å². The van der Waals surface area contributed by atoms with Gasteiger partial charge in [0.1, 0.15) is 0 Å². The molecule has 2 nitrogen and oxygen atoms in total. The molecule has 0 spiro atoms. The van der Waals surface area contributed by atoms with E-state index in [1.807, 2.05) is 0 Å². The van der Waals surface area contributed by atoms with Gasteiger partial charge >= 0.3 is 0 Å². The van der Waals surface area contributed by atoms with Gasteiger partial charge in [0.2, 0.25) is 0 Å². The van der Waals surface area contributed by atoms with E-state index in [2.05, 4.69) is 19.1 Å². The molecule has 0 aliphatic rings. The summed E-state index contributed by atoms with van der Waals surface area (Å²) in [6.45, 7) is 3.23. The fourth-order valence-corrected chi connectivity index (χ4v) is 2.39. The number of nitrogens with two attached hydrogens (primary N) is 1. The van der Waals surface area contributed by atoms with Crippen molar-refractivity contribution in [3.63, 3.8) is 0 Å². The standard InChI is InChI=1S/C18H37N.C2H5ClO/c1-2-3-4-5-6-7-8-9-10-11-12-13-14-15-16-17-18-19;3-1-2-4/h9-10H,2-8,11-19H2,1H3;4H,1-2H2/b10-9-;. The van der Waals surface area contributed by atoms with E-state index in [-0.39, 0.29) is 6.61 Å². The molecule has 0 aliphatic carbocycles. The van der Waals surface area contributed by atoms with Gasteiger partial charge in [0.05, 0.1) is 6.61 Å². The van der Waals surface area contributed by atoms with E-state index in [1.54, 1.807) is 0 Å². The van der Waals surface area contributed by atoms with Crippen molar-refractivity contribution in [2.75, 3.05) is 19.0 Å². The molecule has 0 saturated heterocycles. The summed E-state index contributed by atoms with van der Waals surface area (Å²) in [6, 6.07) is 0. The third-order valence-electron chi connectivity index (χ3n) is 3.80. The van der Waals surface area contributed by atoms with E-state index in [1.165, 1.54) is 89.9 Å². The van der Waals surface area contributed by atoms with Crippen molar-refractivity contribution < 1.29 is 5.11 Å². The molecule has 0 aromatic rings. The molecular formula is C20H42ClNO. The van der Waals surface area contributed by atoms with Crippen LogP contribution in [0.25, 0.3) is 0 Å². The van der Waals surface area contributed by atoms with Crippen LogP contribution in [0.2, 0.25) is 0 Å². The zero-order valence-electron chi connectivity index (χ0n) is 15.6. The Labute approximate surface area is 150 Å². The monoisotopic (exact) mass is 347 g/mol. The van der Waals surface area contributed by atoms with E-state index in [0.717, 1.165) is 6.54 Å². The number of aliphatic hydroxyl groups is 1. The molecule has 3 heteroatoms. The number of alkyl halides is 1. The van der Waals surface area contributed by atoms with Crippen LogP contribution in [0.5, 0.6) is 0 Å². The normalized spacial score (nSPS) is 10.8. The lowest BCUT2D eigenvalue weighted by Gasteiger charge is -1.99. The first-order valence-corrected chi connectivity index (χ1v) is 10.4. The Hall–Kier alpha value is -0.0500. The summed E-state index contributed by atoms with van der Waals surface area (Å²) < 4.78 is 0. The molecule has 0 bridgehead atoms. The Balaban J connectivity index is 0. The SMILES string of the molecule is CCCCCCCC/C=C\CCCCCCCCN.OCCCl. The van der Waals surface area contributed by atoms with Gasteiger partial charge in [-0.3, -0.25) is 0 Å². The largest absolute Gasteiger partial charge is 0.395 e. The van der Waals surface area contributed by atoms with Gasteiger partial charge in [0, 0.05) is 5.88 Å². The van der Waals surface area contributed by atoms with Gasteiger partial charge in [-0.1, -0.05) is 76.9 Å². The molecule has 0 aromatic carbocycles. The minimum atomic E-state index is 0.0849. The average molecular weight is 348 g/mol. The number of halogens is 1. The van der Waals surface area contributed by atoms with Gasteiger partial charge in [-0.05, 0) is 38.6 Å². The lowest BCUT2D eigenvalue weighted by Crippen LogP contribution is -1.97. The zero-order chi connectivity index (χ0) is 17.4. The predicted octanol–water partition coefficient (Wildman–Crippen LogP) is 6.20. The zero-order valence-corrected chi connectivity index (χ0v) is 16.3. The van der Waals surface area contributed by atoms with Crippen LogP contribution in [0.3, 0.4) is 0 Å². The average Bonchev–Trinajstić information content (AvgIpc) is 2.58. The highest BCUT2D eigenvalue weighted by molar-refractivity contribution is 6.17. The first kappa shape index (κ1) is 25.2. The molecule has 23 heavy (non-hydrogen) atoms. The number of rotatable bonds is 16. The van der Waals surface area contributed by atoms with Crippen LogP contribution in [0.4, 0.5) is 0 Å². The molecule has 3 N–H and O–H groups in total. The summed E-state index contributed by atoms with van der Waals surface area (Å²) in [5.41, 5.74) is 5.47. The fraction of sp³-hybridized carbons (Fsp3) is 0.900. The van der Waals surface area contributed by atoms with Crippen LogP contribution in [-0.4, -0.2) is 24.1 Å². The van der Waals surface area contributed by atoms with Crippen molar-refractivity contribution in [3.8, 4) is 0 Å². The highest BCUT2D eigenvalue weighted by Crippen LogP contribution is 2.09. The van der Waals surface area contributed by atoms with Crippen LogP contribution in [0.15, 0.2) is 12.2 Å². The summed E-state index contributed by atoms with van der Waals surface area (Å²) >= 11 is 4.94. The third kappa shape index (κ3) is 30.4.